The Kier molecular flexibility index (Phi) is 2.66. The summed E-state index contributed by atoms with van der Waals surface area (Å²) in [6.45, 7) is 3.94. The summed E-state index contributed by atoms with van der Waals surface area (Å²) in [5.41, 5.74) is 0.484. The molecule has 1 rings (SSSR count). The summed E-state index contributed by atoms with van der Waals surface area (Å²) in [5.74, 6) is -0.866. The van der Waals surface area contributed by atoms with Crippen molar-refractivity contribution in [1.82, 2.24) is 0 Å². The Hall–Kier alpha value is -1.38. The molecular weight excluding hydrogens is 168 g/mol. The van der Waals surface area contributed by atoms with E-state index in [1.807, 2.05) is 13.8 Å². The number of hydrogen-bond donors (Lipinski definition) is 1. The van der Waals surface area contributed by atoms with Crippen molar-refractivity contribution in [2.45, 2.75) is 20.3 Å². The van der Waals surface area contributed by atoms with Crippen LogP contribution in [0.2, 0.25) is 0 Å². The lowest BCUT2D eigenvalue weighted by atomic mass is 9.94. The highest BCUT2D eigenvalue weighted by Crippen LogP contribution is 2.17. The van der Waals surface area contributed by atoms with Gasteiger partial charge in [0, 0.05) is 11.6 Å². The number of carbonyl (C=O) groups is 2. The van der Waals surface area contributed by atoms with Gasteiger partial charge < -0.3 is 5.11 Å². The minimum Gasteiger partial charge on any atom is -0.504 e. The summed E-state index contributed by atoms with van der Waals surface area (Å²) in [6.07, 6.45) is 2.78. The topological polar surface area (TPSA) is 54.4 Å². The smallest absolute Gasteiger partial charge is 0.220 e. The van der Waals surface area contributed by atoms with Crippen LogP contribution in [0, 0.1) is 5.92 Å². The summed E-state index contributed by atoms with van der Waals surface area (Å²) in [5, 5.41) is 8.95. The fraction of sp³-hybridized carbons (Fsp3) is 0.400. The highest BCUT2D eigenvalue weighted by atomic mass is 16.3. The lowest BCUT2D eigenvalue weighted by molar-refractivity contribution is -0.117. The van der Waals surface area contributed by atoms with Gasteiger partial charge in [-0.05, 0) is 18.4 Å². The molecule has 0 aliphatic heterocycles. The van der Waals surface area contributed by atoms with Crippen LogP contribution in [-0.4, -0.2) is 16.7 Å². The van der Waals surface area contributed by atoms with Crippen molar-refractivity contribution in [3.63, 3.8) is 0 Å². The number of hydrogen-bond acceptors (Lipinski definition) is 3. The van der Waals surface area contributed by atoms with E-state index in [2.05, 4.69) is 0 Å². The van der Waals surface area contributed by atoms with Crippen molar-refractivity contribution in [1.29, 1.82) is 0 Å². The molecule has 13 heavy (non-hydrogen) atoms. The molecule has 0 aromatic heterocycles. The third kappa shape index (κ3) is 2.28. The van der Waals surface area contributed by atoms with E-state index in [1.165, 1.54) is 6.08 Å². The van der Waals surface area contributed by atoms with Crippen LogP contribution in [0.1, 0.15) is 20.3 Å². The first-order valence-corrected chi connectivity index (χ1v) is 4.20. The molecule has 1 aliphatic carbocycles. The van der Waals surface area contributed by atoms with Crippen molar-refractivity contribution < 1.29 is 14.7 Å². The molecule has 0 unspecified atom stereocenters. The van der Waals surface area contributed by atoms with Crippen molar-refractivity contribution >= 4 is 11.6 Å². The maximum atomic E-state index is 11.2. The molecule has 3 nitrogen and oxygen atoms in total. The standard InChI is InChI=1S/C10H12O3/c1-6(2)3-7-4-9(12)10(13)5-8(7)11/h4-6,13H,3H2,1-2H3. The highest BCUT2D eigenvalue weighted by Gasteiger charge is 2.19. The molecule has 0 radical (unpaired) electrons. The van der Waals surface area contributed by atoms with E-state index >= 15 is 0 Å². The molecule has 0 heterocycles. The highest BCUT2D eigenvalue weighted by molar-refractivity contribution is 6.18. The molecule has 0 aromatic carbocycles. The molecule has 0 amide bonds. The summed E-state index contributed by atoms with van der Waals surface area (Å²) < 4.78 is 0. The van der Waals surface area contributed by atoms with Gasteiger partial charge in [0.25, 0.3) is 0 Å². The lowest BCUT2D eigenvalue weighted by Gasteiger charge is -2.10. The Morgan fingerprint density at radius 2 is 1.85 bits per heavy atom. The van der Waals surface area contributed by atoms with E-state index < -0.39 is 11.5 Å². The maximum Gasteiger partial charge on any atom is 0.220 e. The SMILES string of the molecule is CC(C)CC1=CC(=O)C(O)=CC1=O. The van der Waals surface area contributed by atoms with E-state index in [4.69, 9.17) is 5.11 Å². The average molecular weight is 180 g/mol. The predicted molar refractivity (Wildman–Crippen MR) is 48.3 cm³/mol. The molecule has 0 atom stereocenters. The zero-order valence-corrected chi connectivity index (χ0v) is 7.70. The molecule has 0 saturated carbocycles. The molecule has 1 aliphatic rings. The summed E-state index contributed by atoms with van der Waals surface area (Å²) >= 11 is 0. The van der Waals surface area contributed by atoms with Crippen LogP contribution in [0.4, 0.5) is 0 Å². The molecule has 0 bridgehead atoms. The molecule has 1 N–H and O–H groups in total. The number of allylic oxidation sites excluding steroid dienone is 3. The maximum absolute atomic E-state index is 11.2. The quantitative estimate of drug-likeness (QED) is 0.656. The Labute approximate surface area is 76.8 Å². The minimum absolute atomic E-state index is 0.259. The van der Waals surface area contributed by atoms with Gasteiger partial charge >= 0.3 is 0 Å². The normalized spacial score (nSPS) is 17.5. The largest absolute Gasteiger partial charge is 0.504 e. The first-order valence-electron chi connectivity index (χ1n) is 4.20. The van der Waals surface area contributed by atoms with Gasteiger partial charge in [-0.3, -0.25) is 9.59 Å². The van der Waals surface area contributed by atoms with Gasteiger partial charge in [-0.15, -0.1) is 0 Å². The molecule has 0 spiro atoms. The van der Waals surface area contributed by atoms with Crippen LogP contribution in [0.5, 0.6) is 0 Å². The monoisotopic (exact) mass is 180 g/mol. The van der Waals surface area contributed by atoms with Gasteiger partial charge in [0.1, 0.15) is 0 Å². The Morgan fingerprint density at radius 1 is 1.23 bits per heavy atom. The molecule has 0 saturated heterocycles. The van der Waals surface area contributed by atoms with E-state index in [1.54, 1.807) is 0 Å². The minimum atomic E-state index is -0.477. The van der Waals surface area contributed by atoms with Crippen LogP contribution < -0.4 is 0 Å². The number of rotatable bonds is 2. The van der Waals surface area contributed by atoms with Gasteiger partial charge in [-0.25, -0.2) is 0 Å². The Morgan fingerprint density at radius 3 is 2.38 bits per heavy atom. The number of carbonyl (C=O) groups excluding carboxylic acids is 2. The van der Waals surface area contributed by atoms with Crippen LogP contribution >= 0.6 is 0 Å². The summed E-state index contributed by atoms with van der Waals surface area (Å²) in [4.78, 5) is 22.2. The molecule has 3 heteroatoms. The van der Waals surface area contributed by atoms with Crippen LogP contribution in [-0.2, 0) is 9.59 Å². The lowest BCUT2D eigenvalue weighted by Crippen LogP contribution is -2.14. The first-order chi connectivity index (χ1) is 6.00. The summed E-state index contributed by atoms with van der Waals surface area (Å²) in [6, 6.07) is 0. The van der Waals surface area contributed by atoms with Crippen molar-refractivity contribution in [3.8, 4) is 0 Å². The fourth-order valence-corrected chi connectivity index (χ4v) is 1.19. The van der Waals surface area contributed by atoms with E-state index in [9.17, 15) is 9.59 Å². The van der Waals surface area contributed by atoms with E-state index in [-0.39, 0.29) is 5.78 Å². The third-order valence-corrected chi connectivity index (χ3v) is 1.77. The van der Waals surface area contributed by atoms with Crippen molar-refractivity contribution in [2.24, 2.45) is 5.92 Å². The van der Waals surface area contributed by atoms with Crippen molar-refractivity contribution in [2.75, 3.05) is 0 Å². The van der Waals surface area contributed by atoms with Crippen LogP contribution in [0.3, 0.4) is 0 Å². The molecule has 0 aromatic rings. The molecular formula is C10H12O3. The van der Waals surface area contributed by atoms with Crippen LogP contribution in [0.25, 0.3) is 0 Å². The van der Waals surface area contributed by atoms with Gasteiger partial charge in [0.15, 0.2) is 11.5 Å². The Balaban J connectivity index is 2.83. The van der Waals surface area contributed by atoms with Gasteiger partial charge in [-0.1, -0.05) is 13.8 Å². The van der Waals surface area contributed by atoms with Gasteiger partial charge in [0.05, 0.1) is 0 Å². The number of aliphatic hydroxyl groups is 1. The summed E-state index contributed by atoms with van der Waals surface area (Å²) in [7, 11) is 0. The fourth-order valence-electron chi connectivity index (χ4n) is 1.19. The second kappa shape index (κ2) is 3.56. The first kappa shape index (κ1) is 9.71. The second-order valence-corrected chi connectivity index (χ2v) is 3.53. The van der Waals surface area contributed by atoms with Crippen LogP contribution in [0.15, 0.2) is 23.5 Å². The van der Waals surface area contributed by atoms with Gasteiger partial charge in [0.2, 0.25) is 5.78 Å². The predicted octanol–water partition coefficient (Wildman–Crippen LogP) is 1.55. The number of aliphatic hydroxyl groups excluding tert-OH is 1. The third-order valence-electron chi connectivity index (χ3n) is 1.77. The molecule has 70 valence electrons. The average Bonchev–Trinajstić information content (AvgIpc) is 1.99. The van der Waals surface area contributed by atoms with Crippen molar-refractivity contribution in [3.05, 3.63) is 23.5 Å². The van der Waals surface area contributed by atoms with E-state index in [0.29, 0.717) is 17.9 Å². The van der Waals surface area contributed by atoms with E-state index in [0.717, 1.165) is 6.08 Å². The zero-order valence-electron chi connectivity index (χ0n) is 7.70. The molecule has 0 fully saturated rings. The second-order valence-electron chi connectivity index (χ2n) is 3.53. The Bertz CT molecular complexity index is 308. The van der Waals surface area contributed by atoms with Gasteiger partial charge in [-0.2, -0.15) is 0 Å². The zero-order chi connectivity index (χ0) is 10.0. The number of ketones is 2.